The summed E-state index contributed by atoms with van der Waals surface area (Å²) < 4.78 is 0. The van der Waals surface area contributed by atoms with Gasteiger partial charge in [-0.25, -0.2) is 0 Å². The summed E-state index contributed by atoms with van der Waals surface area (Å²) in [6.45, 7) is 0. The quantitative estimate of drug-likeness (QED) is 0.894. The predicted molar refractivity (Wildman–Crippen MR) is 82.2 cm³/mol. The van der Waals surface area contributed by atoms with E-state index >= 15 is 0 Å². The first-order chi connectivity index (χ1) is 11.1. The van der Waals surface area contributed by atoms with Crippen LogP contribution in [0.4, 0.5) is 0 Å². The Hall–Kier alpha value is -2.70. The largest absolute Gasteiger partial charge is 0.481 e. The second kappa shape index (κ2) is 6.60. The lowest BCUT2D eigenvalue weighted by Crippen LogP contribution is -2.38. The molecule has 3 rings (SSSR count). The number of carbonyl (C=O) groups excluding carboxylic acids is 1. The Labute approximate surface area is 133 Å². The van der Waals surface area contributed by atoms with Crippen molar-refractivity contribution in [1.82, 2.24) is 20.3 Å². The van der Waals surface area contributed by atoms with Crippen molar-refractivity contribution in [2.24, 2.45) is 5.92 Å². The molecule has 1 aromatic heterocycles. The summed E-state index contributed by atoms with van der Waals surface area (Å²) in [6, 6.07) is 9.36. The number of para-hydroxylation sites is 1. The van der Waals surface area contributed by atoms with Gasteiger partial charge in [0.25, 0.3) is 5.91 Å². The lowest BCUT2D eigenvalue weighted by molar-refractivity contribution is -0.142. The van der Waals surface area contributed by atoms with Gasteiger partial charge in [-0.15, -0.1) is 5.10 Å². The Balaban J connectivity index is 1.59. The van der Waals surface area contributed by atoms with Gasteiger partial charge in [-0.2, -0.15) is 9.90 Å². The Morgan fingerprint density at radius 3 is 2.48 bits per heavy atom. The number of carbonyl (C=O) groups is 2. The lowest BCUT2D eigenvalue weighted by atomic mass is 9.86. The standard InChI is InChI=1S/C16H18N4O3/c21-15(18-12-8-6-11(7-9-12)16(22)23)14-10-17-20(19-14)13-4-2-1-3-5-13/h1-5,10-12H,6-9H2,(H,18,21)(H,22,23). The Kier molecular flexibility index (Phi) is 4.36. The van der Waals surface area contributed by atoms with Crippen LogP contribution in [0.5, 0.6) is 0 Å². The van der Waals surface area contributed by atoms with Crippen LogP contribution in [0.3, 0.4) is 0 Å². The maximum absolute atomic E-state index is 12.2. The molecule has 1 fully saturated rings. The van der Waals surface area contributed by atoms with Crippen molar-refractivity contribution in [2.75, 3.05) is 0 Å². The van der Waals surface area contributed by atoms with E-state index in [1.165, 1.54) is 11.0 Å². The molecule has 0 aliphatic heterocycles. The van der Waals surface area contributed by atoms with Gasteiger partial charge in [-0.05, 0) is 37.8 Å². The molecule has 1 aliphatic carbocycles. The third-order valence-electron chi connectivity index (χ3n) is 4.12. The molecule has 0 unspecified atom stereocenters. The molecule has 0 radical (unpaired) electrons. The van der Waals surface area contributed by atoms with Crippen LogP contribution in [0.15, 0.2) is 36.5 Å². The maximum atomic E-state index is 12.2. The molecule has 1 heterocycles. The molecule has 1 aliphatic rings. The van der Waals surface area contributed by atoms with Crippen LogP contribution in [-0.2, 0) is 4.79 Å². The highest BCUT2D eigenvalue weighted by molar-refractivity contribution is 5.92. The van der Waals surface area contributed by atoms with E-state index in [1.54, 1.807) is 0 Å². The minimum absolute atomic E-state index is 0.0000229. The fourth-order valence-electron chi connectivity index (χ4n) is 2.80. The normalized spacial score (nSPS) is 20.9. The van der Waals surface area contributed by atoms with Crippen molar-refractivity contribution in [2.45, 2.75) is 31.7 Å². The summed E-state index contributed by atoms with van der Waals surface area (Å²) in [6.07, 6.45) is 3.98. The lowest BCUT2D eigenvalue weighted by Gasteiger charge is -2.26. The molecule has 1 saturated carbocycles. The van der Waals surface area contributed by atoms with Crippen LogP contribution in [0.1, 0.15) is 36.2 Å². The topological polar surface area (TPSA) is 97.1 Å². The molecule has 0 bridgehead atoms. The van der Waals surface area contributed by atoms with Gasteiger partial charge in [0.1, 0.15) is 0 Å². The second-order valence-corrected chi connectivity index (χ2v) is 5.72. The molecular formula is C16H18N4O3. The molecule has 2 aromatic rings. The van der Waals surface area contributed by atoms with Crippen LogP contribution in [0.25, 0.3) is 5.69 Å². The van der Waals surface area contributed by atoms with Crippen molar-refractivity contribution in [3.63, 3.8) is 0 Å². The minimum Gasteiger partial charge on any atom is -0.481 e. The van der Waals surface area contributed by atoms with Gasteiger partial charge in [0, 0.05) is 6.04 Å². The zero-order chi connectivity index (χ0) is 16.2. The predicted octanol–water partition coefficient (Wildman–Crippen LogP) is 1.64. The van der Waals surface area contributed by atoms with Gasteiger partial charge in [-0.1, -0.05) is 18.2 Å². The molecule has 0 atom stereocenters. The number of amides is 1. The summed E-state index contributed by atoms with van der Waals surface area (Å²) in [5.74, 6) is -1.31. The second-order valence-electron chi connectivity index (χ2n) is 5.72. The fourth-order valence-corrected chi connectivity index (χ4v) is 2.80. The fraction of sp³-hybridized carbons (Fsp3) is 0.375. The zero-order valence-corrected chi connectivity index (χ0v) is 12.6. The number of aliphatic carboxylic acids is 1. The molecule has 120 valence electrons. The first kappa shape index (κ1) is 15.2. The van der Waals surface area contributed by atoms with Crippen LogP contribution in [0.2, 0.25) is 0 Å². The highest BCUT2D eigenvalue weighted by atomic mass is 16.4. The highest BCUT2D eigenvalue weighted by Gasteiger charge is 2.27. The number of aromatic nitrogens is 3. The summed E-state index contributed by atoms with van der Waals surface area (Å²) in [4.78, 5) is 24.6. The first-order valence-corrected chi connectivity index (χ1v) is 7.65. The van der Waals surface area contributed by atoms with Gasteiger partial charge in [0.15, 0.2) is 5.69 Å². The zero-order valence-electron chi connectivity index (χ0n) is 12.6. The molecule has 0 saturated heterocycles. The van der Waals surface area contributed by atoms with Crippen molar-refractivity contribution < 1.29 is 14.7 Å². The third-order valence-corrected chi connectivity index (χ3v) is 4.12. The van der Waals surface area contributed by atoms with Crippen LogP contribution in [0, 0.1) is 5.92 Å². The number of hydrogen-bond donors (Lipinski definition) is 2. The number of nitrogens with one attached hydrogen (secondary N) is 1. The van der Waals surface area contributed by atoms with E-state index in [2.05, 4.69) is 15.5 Å². The molecule has 1 amide bonds. The number of hydrogen-bond acceptors (Lipinski definition) is 4. The Morgan fingerprint density at radius 1 is 1.13 bits per heavy atom. The average molecular weight is 314 g/mol. The van der Waals surface area contributed by atoms with Crippen molar-refractivity contribution >= 4 is 11.9 Å². The smallest absolute Gasteiger partial charge is 0.306 e. The molecule has 23 heavy (non-hydrogen) atoms. The van der Waals surface area contributed by atoms with E-state index in [0.29, 0.717) is 25.7 Å². The summed E-state index contributed by atoms with van der Waals surface area (Å²) in [7, 11) is 0. The molecular weight excluding hydrogens is 296 g/mol. The van der Waals surface area contributed by atoms with E-state index < -0.39 is 5.97 Å². The maximum Gasteiger partial charge on any atom is 0.306 e. The van der Waals surface area contributed by atoms with Crippen molar-refractivity contribution in [3.8, 4) is 5.69 Å². The van der Waals surface area contributed by atoms with Gasteiger partial charge < -0.3 is 10.4 Å². The Bertz CT molecular complexity index is 690. The highest BCUT2D eigenvalue weighted by Crippen LogP contribution is 2.24. The number of nitrogens with zero attached hydrogens (tertiary/aromatic N) is 3. The molecule has 7 nitrogen and oxygen atoms in total. The summed E-state index contributed by atoms with van der Waals surface area (Å²) >= 11 is 0. The molecule has 0 spiro atoms. The van der Waals surface area contributed by atoms with E-state index in [4.69, 9.17) is 5.11 Å². The van der Waals surface area contributed by atoms with Crippen molar-refractivity contribution in [3.05, 3.63) is 42.2 Å². The van der Waals surface area contributed by atoms with Gasteiger partial charge in [-0.3, -0.25) is 9.59 Å². The number of carboxylic acid groups (broad SMARTS) is 1. The minimum atomic E-state index is -0.749. The number of benzene rings is 1. The SMILES string of the molecule is O=C(NC1CCC(C(=O)O)CC1)c1cnn(-c2ccccc2)n1. The van der Waals surface area contributed by atoms with Gasteiger partial charge >= 0.3 is 5.97 Å². The average Bonchev–Trinajstić information content (AvgIpc) is 3.06. The van der Waals surface area contributed by atoms with Gasteiger partial charge in [0.05, 0.1) is 17.8 Å². The Morgan fingerprint density at radius 2 is 1.83 bits per heavy atom. The van der Waals surface area contributed by atoms with E-state index in [0.717, 1.165) is 5.69 Å². The third kappa shape index (κ3) is 3.56. The van der Waals surface area contributed by atoms with E-state index in [-0.39, 0.29) is 23.6 Å². The summed E-state index contributed by atoms with van der Waals surface area (Å²) in [5.41, 5.74) is 1.04. The molecule has 1 aromatic carbocycles. The van der Waals surface area contributed by atoms with Crippen molar-refractivity contribution in [1.29, 1.82) is 0 Å². The van der Waals surface area contributed by atoms with E-state index in [9.17, 15) is 9.59 Å². The van der Waals surface area contributed by atoms with Gasteiger partial charge in [0.2, 0.25) is 0 Å². The molecule has 2 N–H and O–H groups in total. The van der Waals surface area contributed by atoms with Crippen LogP contribution >= 0.6 is 0 Å². The summed E-state index contributed by atoms with van der Waals surface area (Å²) in [5, 5.41) is 20.2. The number of carboxylic acids is 1. The van der Waals surface area contributed by atoms with Crippen LogP contribution in [-0.4, -0.2) is 38.0 Å². The molecule has 7 heteroatoms. The van der Waals surface area contributed by atoms with Crippen LogP contribution < -0.4 is 5.32 Å². The number of rotatable bonds is 4. The van der Waals surface area contributed by atoms with E-state index in [1.807, 2.05) is 30.3 Å². The first-order valence-electron chi connectivity index (χ1n) is 7.65. The monoisotopic (exact) mass is 314 g/mol.